The highest BCUT2D eigenvalue weighted by Gasteiger charge is 2.39. The monoisotopic (exact) mass is 175 g/mol. The van der Waals surface area contributed by atoms with Gasteiger partial charge in [-0.3, -0.25) is 0 Å². The Bertz CT molecular complexity index is 247. The minimum atomic E-state index is -2.72. The molecule has 0 aromatic carbocycles. The predicted molar refractivity (Wildman–Crippen MR) is 43.2 cm³/mol. The molecule has 2 atom stereocenters. The summed E-state index contributed by atoms with van der Waals surface area (Å²) >= 11 is 0. The van der Waals surface area contributed by atoms with Gasteiger partial charge < -0.3 is 5.32 Å². The third-order valence-electron chi connectivity index (χ3n) is 2.71. The van der Waals surface area contributed by atoms with Crippen molar-refractivity contribution in [2.24, 2.45) is 0 Å². The summed E-state index contributed by atoms with van der Waals surface area (Å²) in [4.78, 5) is 0. The van der Waals surface area contributed by atoms with Crippen molar-refractivity contribution in [2.45, 2.75) is 30.6 Å². The van der Waals surface area contributed by atoms with Crippen molar-refractivity contribution in [3.63, 3.8) is 0 Å². The minimum Gasteiger partial charge on any atom is -0.312 e. The fourth-order valence-corrected chi connectivity index (χ4v) is 4.09. The van der Waals surface area contributed by atoms with Crippen molar-refractivity contribution < 1.29 is 8.42 Å². The van der Waals surface area contributed by atoms with E-state index in [1.54, 1.807) is 0 Å². The second-order valence-corrected chi connectivity index (χ2v) is 5.74. The average Bonchev–Trinajstić information content (AvgIpc) is 2.34. The summed E-state index contributed by atoms with van der Waals surface area (Å²) in [5.41, 5.74) is 0. The molecule has 1 saturated carbocycles. The Morgan fingerprint density at radius 1 is 1.27 bits per heavy atom. The minimum absolute atomic E-state index is 0.0590. The first-order valence-electron chi connectivity index (χ1n) is 4.15. The van der Waals surface area contributed by atoms with Gasteiger partial charge in [-0.2, -0.15) is 0 Å². The molecule has 1 saturated heterocycles. The Kier molecular flexibility index (Phi) is 1.68. The molecule has 3 nitrogen and oxygen atoms in total. The Balaban J connectivity index is 2.26. The second kappa shape index (κ2) is 2.45. The third kappa shape index (κ3) is 1.18. The van der Waals surface area contributed by atoms with Crippen molar-refractivity contribution >= 4 is 9.84 Å². The first-order chi connectivity index (χ1) is 5.20. The molecular formula is C7H13NO2S. The van der Waals surface area contributed by atoms with Gasteiger partial charge in [-0.1, -0.05) is 6.42 Å². The fourth-order valence-electron chi connectivity index (χ4n) is 2.13. The molecule has 0 amide bonds. The van der Waals surface area contributed by atoms with Crippen LogP contribution in [-0.4, -0.2) is 32.0 Å². The van der Waals surface area contributed by atoms with Crippen LogP contribution in [0.2, 0.25) is 0 Å². The highest BCUT2D eigenvalue weighted by atomic mass is 32.2. The largest absolute Gasteiger partial charge is 0.312 e. The average molecular weight is 175 g/mol. The van der Waals surface area contributed by atoms with E-state index in [-0.39, 0.29) is 11.3 Å². The molecule has 0 bridgehead atoms. The van der Waals surface area contributed by atoms with E-state index < -0.39 is 9.84 Å². The van der Waals surface area contributed by atoms with Crippen molar-refractivity contribution in [1.29, 1.82) is 0 Å². The molecule has 2 fully saturated rings. The summed E-state index contributed by atoms with van der Waals surface area (Å²) in [6.45, 7) is 0.656. The van der Waals surface area contributed by atoms with Crippen molar-refractivity contribution in [3.8, 4) is 0 Å². The summed E-state index contributed by atoms with van der Waals surface area (Å²) in [5.74, 6) is 0.341. The van der Waals surface area contributed by atoms with E-state index >= 15 is 0 Å². The van der Waals surface area contributed by atoms with E-state index in [0.717, 1.165) is 19.3 Å². The van der Waals surface area contributed by atoms with E-state index in [1.165, 1.54) is 0 Å². The van der Waals surface area contributed by atoms with Crippen LogP contribution in [-0.2, 0) is 9.84 Å². The number of sulfone groups is 1. The number of rotatable bonds is 0. The summed E-state index contributed by atoms with van der Waals surface area (Å²) in [6, 6.07) is 0.272. The molecule has 1 aliphatic carbocycles. The molecule has 0 aromatic rings. The normalized spacial score (nSPS) is 41.8. The van der Waals surface area contributed by atoms with Crippen LogP contribution in [0.25, 0.3) is 0 Å². The van der Waals surface area contributed by atoms with Gasteiger partial charge in [0.15, 0.2) is 9.84 Å². The lowest BCUT2D eigenvalue weighted by Gasteiger charge is -2.26. The third-order valence-corrected chi connectivity index (χ3v) is 4.97. The number of hydrogen-bond donors (Lipinski definition) is 1. The predicted octanol–water partition coefficient (Wildman–Crippen LogP) is -0.0745. The summed E-state index contributed by atoms with van der Waals surface area (Å²) in [7, 11) is -2.72. The van der Waals surface area contributed by atoms with Gasteiger partial charge in [0.2, 0.25) is 0 Å². The number of fused-ring (bicyclic) bond motifs is 1. The maximum absolute atomic E-state index is 11.4. The van der Waals surface area contributed by atoms with E-state index in [1.807, 2.05) is 0 Å². The Morgan fingerprint density at radius 2 is 2.09 bits per heavy atom. The summed E-state index contributed by atoms with van der Waals surface area (Å²) < 4.78 is 22.8. The zero-order valence-corrected chi connectivity index (χ0v) is 7.23. The van der Waals surface area contributed by atoms with Gasteiger partial charge in [-0.25, -0.2) is 8.42 Å². The molecule has 4 heteroatoms. The lowest BCUT2D eigenvalue weighted by molar-refractivity contribution is 0.491. The van der Waals surface area contributed by atoms with Crippen LogP contribution in [0.1, 0.15) is 19.3 Å². The SMILES string of the molecule is O=S1(=O)CCN[C@H]2CCC[C@H]21. The van der Waals surface area contributed by atoms with Gasteiger partial charge in [0.05, 0.1) is 11.0 Å². The smallest absolute Gasteiger partial charge is 0.155 e. The first-order valence-corrected chi connectivity index (χ1v) is 5.87. The molecular weight excluding hydrogens is 162 g/mol. The molecule has 0 radical (unpaired) electrons. The van der Waals surface area contributed by atoms with Crippen LogP contribution in [0.15, 0.2) is 0 Å². The molecule has 2 rings (SSSR count). The van der Waals surface area contributed by atoms with Gasteiger partial charge in [-0.05, 0) is 12.8 Å². The highest BCUT2D eigenvalue weighted by Crippen LogP contribution is 2.27. The molecule has 0 aromatic heterocycles. The maximum Gasteiger partial charge on any atom is 0.155 e. The van der Waals surface area contributed by atoms with Crippen LogP contribution < -0.4 is 5.32 Å². The maximum atomic E-state index is 11.4. The Hall–Kier alpha value is -0.0900. The number of hydrogen-bond acceptors (Lipinski definition) is 3. The zero-order chi connectivity index (χ0) is 7.90. The molecule has 1 heterocycles. The second-order valence-electron chi connectivity index (χ2n) is 3.40. The standard InChI is InChI=1S/C7H13NO2S/c9-11(10)5-4-8-6-2-1-3-7(6)11/h6-8H,1-5H2/t6-,7+/m0/s1. The van der Waals surface area contributed by atoms with Crippen molar-refractivity contribution in [2.75, 3.05) is 12.3 Å². The van der Waals surface area contributed by atoms with E-state index in [9.17, 15) is 8.42 Å². The van der Waals surface area contributed by atoms with E-state index in [4.69, 9.17) is 0 Å². The Labute approximate surface area is 67.1 Å². The van der Waals surface area contributed by atoms with Crippen LogP contribution in [0.3, 0.4) is 0 Å². The molecule has 0 spiro atoms. The topological polar surface area (TPSA) is 46.2 Å². The Morgan fingerprint density at radius 3 is 2.82 bits per heavy atom. The van der Waals surface area contributed by atoms with Crippen molar-refractivity contribution in [1.82, 2.24) is 5.32 Å². The van der Waals surface area contributed by atoms with Crippen LogP contribution >= 0.6 is 0 Å². The van der Waals surface area contributed by atoms with Crippen molar-refractivity contribution in [3.05, 3.63) is 0 Å². The van der Waals surface area contributed by atoms with Gasteiger partial charge in [0.1, 0.15) is 0 Å². The molecule has 1 N–H and O–H groups in total. The summed E-state index contributed by atoms with van der Waals surface area (Å²) in [5, 5.41) is 3.20. The lowest BCUT2D eigenvalue weighted by atomic mass is 10.2. The molecule has 2 aliphatic rings. The van der Waals surface area contributed by atoms with Gasteiger partial charge >= 0.3 is 0 Å². The molecule has 11 heavy (non-hydrogen) atoms. The van der Waals surface area contributed by atoms with Gasteiger partial charge in [0, 0.05) is 12.6 Å². The zero-order valence-electron chi connectivity index (χ0n) is 6.41. The van der Waals surface area contributed by atoms with E-state index in [0.29, 0.717) is 12.3 Å². The fraction of sp³-hybridized carbons (Fsp3) is 1.00. The highest BCUT2D eigenvalue weighted by molar-refractivity contribution is 7.92. The van der Waals surface area contributed by atoms with Crippen LogP contribution in [0.5, 0.6) is 0 Å². The number of nitrogens with one attached hydrogen (secondary N) is 1. The van der Waals surface area contributed by atoms with Crippen LogP contribution in [0, 0.1) is 0 Å². The summed E-state index contributed by atoms with van der Waals surface area (Å²) in [6.07, 6.45) is 2.99. The van der Waals surface area contributed by atoms with Gasteiger partial charge in [-0.15, -0.1) is 0 Å². The molecule has 64 valence electrons. The molecule has 1 aliphatic heterocycles. The molecule has 0 unspecified atom stereocenters. The van der Waals surface area contributed by atoms with E-state index in [2.05, 4.69) is 5.32 Å². The van der Waals surface area contributed by atoms with Gasteiger partial charge in [0.25, 0.3) is 0 Å². The quantitative estimate of drug-likeness (QED) is 0.560. The lowest BCUT2D eigenvalue weighted by Crippen LogP contribution is -2.49. The van der Waals surface area contributed by atoms with Crippen LogP contribution in [0.4, 0.5) is 0 Å². The first kappa shape index (κ1) is 7.55.